The summed E-state index contributed by atoms with van der Waals surface area (Å²) < 4.78 is 5.63. The van der Waals surface area contributed by atoms with Gasteiger partial charge in [0.05, 0.1) is 6.61 Å². The van der Waals surface area contributed by atoms with Crippen LogP contribution in [0, 0.1) is 5.41 Å². The van der Waals surface area contributed by atoms with Crippen molar-refractivity contribution in [3.8, 4) is 0 Å². The number of benzene rings is 1. The first-order valence-electron chi connectivity index (χ1n) is 8.74. The molecule has 0 aliphatic carbocycles. The van der Waals surface area contributed by atoms with Crippen LogP contribution in [0.4, 0.5) is 0 Å². The number of aliphatic imine (C=N–C) groups is 1. The second kappa shape index (κ2) is 8.44. The zero-order chi connectivity index (χ0) is 17.2. The van der Waals surface area contributed by atoms with E-state index >= 15 is 0 Å². The van der Waals surface area contributed by atoms with Crippen molar-refractivity contribution in [2.24, 2.45) is 10.4 Å². The van der Waals surface area contributed by atoms with Gasteiger partial charge in [0.1, 0.15) is 0 Å². The number of ether oxygens (including phenoxy) is 1. The lowest BCUT2D eigenvalue weighted by molar-refractivity contribution is 0.156. The summed E-state index contributed by atoms with van der Waals surface area (Å²) in [6, 6.07) is 8.12. The van der Waals surface area contributed by atoms with Crippen LogP contribution in [0.3, 0.4) is 0 Å². The van der Waals surface area contributed by atoms with Gasteiger partial charge in [-0.15, -0.1) is 24.0 Å². The lowest BCUT2D eigenvalue weighted by Crippen LogP contribution is -2.45. The van der Waals surface area contributed by atoms with Crippen LogP contribution in [0.1, 0.15) is 32.3 Å². The van der Waals surface area contributed by atoms with Crippen molar-refractivity contribution in [1.29, 1.82) is 0 Å². The number of nitrogens with one attached hydrogen (secondary N) is 1. The van der Waals surface area contributed by atoms with Gasteiger partial charge in [0, 0.05) is 49.1 Å². The first-order chi connectivity index (χ1) is 11.4. The minimum absolute atomic E-state index is 0. The molecule has 0 bridgehead atoms. The maximum Gasteiger partial charge on any atom is 0.193 e. The van der Waals surface area contributed by atoms with Crippen molar-refractivity contribution in [3.05, 3.63) is 34.9 Å². The first kappa shape index (κ1) is 20.8. The van der Waals surface area contributed by atoms with Gasteiger partial charge in [-0.05, 0) is 30.5 Å². The molecule has 1 aromatic carbocycles. The molecule has 0 radical (unpaired) electrons. The Morgan fingerprint density at radius 1 is 1.32 bits per heavy atom. The Morgan fingerprint density at radius 3 is 2.64 bits per heavy atom. The van der Waals surface area contributed by atoms with E-state index in [1.165, 1.54) is 18.4 Å². The standard InChI is InChI=1S/C19H28ClN3O.HI/c1-18(2,15-4-6-16(20)7-5-15)12-22-17(21-3)23-10-8-19(13-23)9-11-24-14-19;/h4-7H,8-14H2,1-3H3,(H,21,22);1H. The number of nitrogens with zero attached hydrogens (tertiary/aromatic N) is 2. The molecule has 0 aromatic heterocycles. The van der Waals surface area contributed by atoms with Gasteiger partial charge in [0.25, 0.3) is 0 Å². The van der Waals surface area contributed by atoms with Crippen LogP contribution in [0.5, 0.6) is 0 Å². The maximum absolute atomic E-state index is 6.01. The van der Waals surface area contributed by atoms with Gasteiger partial charge >= 0.3 is 0 Å². The molecule has 2 saturated heterocycles. The molecule has 1 spiro atoms. The Kier molecular flexibility index (Phi) is 7.01. The molecule has 2 aliphatic rings. The molecule has 2 heterocycles. The molecule has 1 unspecified atom stereocenters. The minimum Gasteiger partial charge on any atom is -0.381 e. The number of likely N-dealkylation sites (tertiary alicyclic amines) is 1. The van der Waals surface area contributed by atoms with Crippen LogP contribution in [-0.4, -0.2) is 50.8 Å². The number of halogens is 2. The average Bonchev–Trinajstić information content (AvgIpc) is 3.19. The van der Waals surface area contributed by atoms with Crippen molar-refractivity contribution in [2.45, 2.75) is 32.1 Å². The molecule has 3 rings (SSSR count). The Balaban J connectivity index is 0.00000225. The van der Waals surface area contributed by atoms with E-state index in [1.807, 2.05) is 19.2 Å². The van der Waals surface area contributed by atoms with E-state index in [0.717, 1.165) is 43.8 Å². The fourth-order valence-corrected chi connectivity index (χ4v) is 3.85. The lowest BCUT2D eigenvalue weighted by atomic mass is 9.84. The van der Waals surface area contributed by atoms with Gasteiger partial charge in [-0.25, -0.2) is 0 Å². The molecule has 25 heavy (non-hydrogen) atoms. The van der Waals surface area contributed by atoms with E-state index in [-0.39, 0.29) is 29.4 Å². The smallest absolute Gasteiger partial charge is 0.193 e. The van der Waals surface area contributed by atoms with Crippen molar-refractivity contribution in [2.75, 3.05) is 39.9 Å². The Bertz CT molecular complexity index is 597. The lowest BCUT2D eigenvalue weighted by Gasteiger charge is -2.30. The van der Waals surface area contributed by atoms with Crippen LogP contribution in [0.2, 0.25) is 5.02 Å². The Labute approximate surface area is 173 Å². The number of hydrogen-bond acceptors (Lipinski definition) is 2. The van der Waals surface area contributed by atoms with Crippen molar-refractivity contribution in [3.63, 3.8) is 0 Å². The topological polar surface area (TPSA) is 36.9 Å². The van der Waals surface area contributed by atoms with E-state index in [9.17, 15) is 0 Å². The molecular formula is C19H29ClIN3O. The van der Waals surface area contributed by atoms with E-state index in [1.54, 1.807) is 0 Å². The predicted molar refractivity (Wildman–Crippen MR) is 115 cm³/mol. The number of guanidine groups is 1. The van der Waals surface area contributed by atoms with Gasteiger partial charge in [0.2, 0.25) is 0 Å². The molecule has 2 aliphatic heterocycles. The normalized spacial score (nSPS) is 23.8. The highest BCUT2D eigenvalue weighted by atomic mass is 127. The monoisotopic (exact) mass is 477 g/mol. The molecule has 6 heteroatoms. The highest BCUT2D eigenvalue weighted by molar-refractivity contribution is 14.0. The van der Waals surface area contributed by atoms with Gasteiger partial charge in [-0.2, -0.15) is 0 Å². The fraction of sp³-hybridized carbons (Fsp3) is 0.632. The SMILES string of the molecule is CN=C(NCC(C)(C)c1ccc(Cl)cc1)N1CCC2(CCOC2)C1.I. The van der Waals surface area contributed by atoms with Crippen molar-refractivity contribution >= 4 is 41.5 Å². The molecule has 1 N–H and O–H groups in total. The third-order valence-corrected chi connectivity index (χ3v) is 5.70. The van der Waals surface area contributed by atoms with Crippen LogP contribution in [-0.2, 0) is 10.2 Å². The Hall–Kier alpha value is -0.530. The summed E-state index contributed by atoms with van der Waals surface area (Å²) in [7, 11) is 1.87. The average molecular weight is 478 g/mol. The first-order valence-corrected chi connectivity index (χ1v) is 9.11. The highest BCUT2D eigenvalue weighted by Gasteiger charge is 2.42. The molecule has 1 atom stereocenters. The zero-order valence-corrected chi connectivity index (χ0v) is 18.4. The van der Waals surface area contributed by atoms with Gasteiger partial charge in [-0.1, -0.05) is 37.6 Å². The van der Waals surface area contributed by atoms with Crippen LogP contribution >= 0.6 is 35.6 Å². The molecule has 4 nitrogen and oxygen atoms in total. The second-order valence-corrected chi connectivity index (χ2v) is 8.20. The third-order valence-electron chi connectivity index (χ3n) is 5.45. The van der Waals surface area contributed by atoms with Crippen molar-refractivity contribution in [1.82, 2.24) is 10.2 Å². The summed E-state index contributed by atoms with van der Waals surface area (Å²) in [6.07, 6.45) is 2.38. The predicted octanol–water partition coefficient (Wildman–Crippen LogP) is 3.92. The maximum atomic E-state index is 6.01. The van der Waals surface area contributed by atoms with Crippen LogP contribution in [0.15, 0.2) is 29.3 Å². The van der Waals surface area contributed by atoms with Crippen LogP contribution in [0.25, 0.3) is 0 Å². The van der Waals surface area contributed by atoms with Crippen LogP contribution < -0.4 is 5.32 Å². The number of hydrogen-bond donors (Lipinski definition) is 1. The molecule has 140 valence electrons. The minimum atomic E-state index is 0. The van der Waals surface area contributed by atoms with E-state index < -0.39 is 0 Å². The highest BCUT2D eigenvalue weighted by Crippen LogP contribution is 2.38. The quantitative estimate of drug-likeness (QED) is 0.407. The van der Waals surface area contributed by atoms with Crippen molar-refractivity contribution < 1.29 is 4.74 Å². The zero-order valence-electron chi connectivity index (χ0n) is 15.3. The molecule has 2 fully saturated rings. The fourth-order valence-electron chi connectivity index (χ4n) is 3.72. The second-order valence-electron chi connectivity index (χ2n) is 7.77. The van der Waals surface area contributed by atoms with E-state index in [2.05, 4.69) is 41.2 Å². The molecule has 0 saturated carbocycles. The third kappa shape index (κ3) is 4.80. The summed E-state index contributed by atoms with van der Waals surface area (Å²) in [4.78, 5) is 6.89. The van der Waals surface area contributed by atoms with E-state index in [4.69, 9.17) is 16.3 Å². The summed E-state index contributed by atoms with van der Waals surface area (Å²) in [5.41, 5.74) is 1.63. The largest absolute Gasteiger partial charge is 0.381 e. The van der Waals surface area contributed by atoms with Gasteiger partial charge < -0.3 is 15.0 Å². The molecule has 0 amide bonds. The summed E-state index contributed by atoms with van der Waals surface area (Å²) in [5.74, 6) is 1.00. The summed E-state index contributed by atoms with van der Waals surface area (Å²) >= 11 is 6.01. The number of rotatable bonds is 3. The summed E-state index contributed by atoms with van der Waals surface area (Å²) in [5, 5.41) is 4.35. The molecular weight excluding hydrogens is 449 g/mol. The Morgan fingerprint density at radius 2 is 2.04 bits per heavy atom. The van der Waals surface area contributed by atoms with Gasteiger partial charge in [-0.3, -0.25) is 4.99 Å². The van der Waals surface area contributed by atoms with Gasteiger partial charge in [0.15, 0.2) is 5.96 Å². The van der Waals surface area contributed by atoms with E-state index in [0.29, 0.717) is 5.41 Å². The molecule has 1 aromatic rings. The summed E-state index contributed by atoms with van der Waals surface area (Å²) in [6.45, 7) is 9.24.